The number of hydrogen-bond donors (Lipinski definition) is 1. The maximum Gasteiger partial charge on any atom is 0.132 e. The zero-order valence-electron chi connectivity index (χ0n) is 10.4. The Hall–Kier alpha value is -1.87. The van der Waals surface area contributed by atoms with Crippen LogP contribution in [0.5, 0.6) is 11.5 Å². The quantitative estimate of drug-likeness (QED) is 0.894. The first-order valence-corrected chi connectivity index (χ1v) is 5.74. The predicted octanol–water partition coefficient (Wildman–Crippen LogP) is 3.73. The first-order chi connectivity index (χ1) is 8.60. The summed E-state index contributed by atoms with van der Waals surface area (Å²) in [5.74, 6) is 0.674. The van der Waals surface area contributed by atoms with E-state index in [1.165, 1.54) is 6.07 Å². The van der Waals surface area contributed by atoms with Crippen LogP contribution >= 0.6 is 0 Å². The molecule has 0 spiro atoms. The summed E-state index contributed by atoms with van der Waals surface area (Å²) in [6.07, 6.45) is 0. The van der Waals surface area contributed by atoms with Crippen LogP contribution in [0.25, 0.3) is 0 Å². The van der Waals surface area contributed by atoms with Crippen LogP contribution in [0.15, 0.2) is 36.4 Å². The van der Waals surface area contributed by atoms with E-state index in [0.29, 0.717) is 22.6 Å². The Morgan fingerprint density at radius 3 is 2.56 bits per heavy atom. The molecule has 0 aromatic heterocycles. The summed E-state index contributed by atoms with van der Waals surface area (Å²) in [4.78, 5) is 0. The van der Waals surface area contributed by atoms with Gasteiger partial charge in [-0.25, -0.2) is 4.39 Å². The average molecular weight is 246 g/mol. The summed E-state index contributed by atoms with van der Waals surface area (Å²) in [6.45, 7) is 3.53. The summed E-state index contributed by atoms with van der Waals surface area (Å²) in [5, 5.41) is 9.27. The van der Waals surface area contributed by atoms with E-state index in [9.17, 15) is 9.50 Å². The molecule has 0 saturated carbocycles. The summed E-state index contributed by atoms with van der Waals surface area (Å²) in [7, 11) is 0. The minimum atomic E-state index is -0.301. The summed E-state index contributed by atoms with van der Waals surface area (Å²) >= 11 is 0. The standard InChI is InChI=1S/C15H15FO2/c1-10-3-6-15(12(7-10)9-17)18-13-5-4-11(2)14(16)8-13/h3-8,17H,9H2,1-2H3. The largest absolute Gasteiger partial charge is 0.457 e. The smallest absolute Gasteiger partial charge is 0.132 e. The van der Waals surface area contributed by atoms with Crippen molar-refractivity contribution in [3.8, 4) is 11.5 Å². The third kappa shape index (κ3) is 2.68. The average Bonchev–Trinajstić information content (AvgIpc) is 2.36. The van der Waals surface area contributed by atoms with E-state index in [-0.39, 0.29) is 12.4 Å². The molecule has 0 heterocycles. The van der Waals surface area contributed by atoms with Gasteiger partial charge in [0.1, 0.15) is 17.3 Å². The molecule has 0 atom stereocenters. The number of aliphatic hydroxyl groups is 1. The summed E-state index contributed by atoms with van der Waals surface area (Å²) < 4.78 is 19.0. The molecule has 2 rings (SSSR count). The normalized spacial score (nSPS) is 10.4. The molecular formula is C15H15FO2. The molecule has 0 aliphatic rings. The number of rotatable bonds is 3. The van der Waals surface area contributed by atoms with Crippen LogP contribution in [-0.2, 0) is 6.61 Å². The lowest BCUT2D eigenvalue weighted by Gasteiger charge is -2.11. The number of benzene rings is 2. The molecule has 18 heavy (non-hydrogen) atoms. The van der Waals surface area contributed by atoms with Crippen molar-refractivity contribution in [2.24, 2.45) is 0 Å². The number of hydrogen-bond acceptors (Lipinski definition) is 2. The van der Waals surface area contributed by atoms with Gasteiger partial charge in [-0.15, -0.1) is 0 Å². The Balaban J connectivity index is 2.30. The van der Waals surface area contributed by atoms with Gasteiger partial charge in [0.25, 0.3) is 0 Å². The zero-order valence-corrected chi connectivity index (χ0v) is 10.4. The van der Waals surface area contributed by atoms with E-state index >= 15 is 0 Å². The van der Waals surface area contributed by atoms with Crippen LogP contribution in [0.1, 0.15) is 16.7 Å². The van der Waals surface area contributed by atoms with Crippen molar-refractivity contribution in [2.45, 2.75) is 20.5 Å². The lowest BCUT2D eigenvalue weighted by atomic mass is 10.1. The second-order valence-corrected chi connectivity index (χ2v) is 4.28. The monoisotopic (exact) mass is 246 g/mol. The van der Waals surface area contributed by atoms with E-state index < -0.39 is 0 Å². The van der Waals surface area contributed by atoms with Crippen LogP contribution in [0, 0.1) is 19.7 Å². The van der Waals surface area contributed by atoms with Crippen molar-refractivity contribution in [2.75, 3.05) is 0 Å². The Bertz CT molecular complexity index is 564. The molecule has 94 valence electrons. The molecule has 0 fully saturated rings. The lowest BCUT2D eigenvalue weighted by Crippen LogP contribution is -1.93. The zero-order chi connectivity index (χ0) is 13.1. The van der Waals surface area contributed by atoms with Gasteiger partial charge in [0.05, 0.1) is 6.61 Å². The maximum atomic E-state index is 13.4. The SMILES string of the molecule is Cc1ccc(Oc2ccc(C)c(F)c2)c(CO)c1. The van der Waals surface area contributed by atoms with E-state index in [4.69, 9.17) is 4.74 Å². The van der Waals surface area contributed by atoms with Crippen molar-refractivity contribution < 1.29 is 14.2 Å². The maximum absolute atomic E-state index is 13.4. The van der Waals surface area contributed by atoms with Crippen LogP contribution in [-0.4, -0.2) is 5.11 Å². The van der Waals surface area contributed by atoms with Crippen molar-refractivity contribution >= 4 is 0 Å². The van der Waals surface area contributed by atoms with Crippen LogP contribution in [0.2, 0.25) is 0 Å². The van der Waals surface area contributed by atoms with E-state index in [0.717, 1.165) is 5.56 Å². The highest BCUT2D eigenvalue weighted by Crippen LogP contribution is 2.27. The van der Waals surface area contributed by atoms with Gasteiger partial charge in [0.15, 0.2) is 0 Å². The lowest BCUT2D eigenvalue weighted by molar-refractivity contribution is 0.276. The molecule has 1 N–H and O–H groups in total. The van der Waals surface area contributed by atoms with Gasteiger partial charge >= 0.3 is 0 Å². The molecule has 3 heteroatoms. The summed E-state index contributed by atoms with van der Waals surface area (Å²) in [5.41, 5.74) is 2.31. The molecule has 0 radical (unpaired) electrons. The van der Waals surface area contributed by atoms with Gasteiger partial charge in [0.2, 0.25) is 0 Å². The Morgan fingerprint density at radius 1 is 1.11 bits per heavy atom. The number of ether oxygens (including phenoxy) is 1. The first kappa shape index (κ1) is 12.6. The molecule has 2 aromatic rings. The molecule has 0 bridgehead atoms. The fourth-order valence-corrected chi connectivity index (χ4v) is 1.70. The fraction of sp³-hybridized carbons (Fsp3) is 0.200. The van der Waals surface area contributed by atoms with Gasteiger partial charge in [-0.05, 0) is 31.5 Å². The van der Waals surface area contributed by atoms with Gasteiger partial charge in [-0.1, -0.05) is 23.8 Å². The minimum absolute atomic E-state index is 0.106. The summed E-state index contributed by atoms with van der Waals surface area (Å²) in [6, 6.07) is 10.2. The van der Waals surface area contributed by atoms with Crippen LogP contribution in [0.3, 0.4) is 0 Å². The van der Waals surface area contributed by atoms with E-state index in [1.54, 1.807) is 25.1 Å². The molecule has 2 nitrogen and oxygen atoms in total. The highest BCUT2D eigenvalue weighted by Gasteiger charge is 2.06. The Morgan fingerprint density at radius 2 is 1.89 bits per heavy atom. The van der Waals surface area contributed by atoms with Gasteiger partial charge in [-0.2, -0.15) is 0 Å². The van der Waals surface area contributed by atoms with Crippen molar-refractivity contribution in [3.05, 3.63) is 58.9 Å². The predicted molar refractivity (Wildman–Crippen MR) is 68.3 cm³/mol. The van der Waals surface area contributed by atoms with Gasteiger partial charge in [0, 0.05) is 11.6 Å². The van der Waals surface area contributed by atoms with E-state index in [2.05, 4.69) is 0 Å². The highest BCUT2D eigenvalue weighted by atomic mass is 19.1. The van der Waals surface area contributed by atoms with Gasteiger partial charge < -0.3 is 9.84 Å². The second kappa shape index (κ2) is 5.19. The number of aryl methyl sites for hydroxylation is 2. The molecule has 0 aliphatic heterocycles. The molecule has 0 amide bonds. The third-order valence-electron chi connectivity index (χ3n) is 2.76. The fourth-order valence-electron chi connectivity index (χ4n) is 1.70. The topological polar surface area (TPSA) is 29.5 Å². The molecule has 0 saturated heterocycles. The van der Waals surface area contributed by atoms with Gasteiger partial charge in [-0.3, -0.25) is 0 Å². The molecule has 2 aromatic carbocycles. The van der Waals surface area contributed by atoms with Crippen molar-refractivity contribution in [3.63, 3.8) is 0 Å². The Kier molecular flexibility index (Phi) is 3.63. The molecule has 0 aliphatic carbocycles. The van der Waals surface area contributed by atoms with Crippen molar-refractivity contribution in [1.29, 1.82) is 0 Å². The first-order valence-electron chi connectivity index (χ1n) is 5.74. The highest BCUT2D eigenvalue weighted by molar-refractivity contribution is 5.40. The van der Waals surface area contributed by atoms with Crippen LogP contribution < -0.4 is 4.74 Å². The van der Waals surface area contributed by atoms with Crippen LogP contribution in [0.4, 0.5) is 4.39 Å². The number of aliphatic hydroxyl groups excluding tert-OH is 1. The van der Waals surface area contributed by atoms with E-state index in [1.807, 2.05) is 19.1 Å². The third-order valence-corrected chi connectivity index (χ3v) is 2.76. The minimum Gasteiger partial charge on any atom is -0.457 e. The van der Waals surface area contributed by atoms with Crippen molar-refractivity contribution in [1.82, 2.24) is 0 Å². The Labute approximate surface area is 106 Å². The molecule has 0 unspecified atom stereocenters. The second-order valence-electron chi connectivity index (χ2n) is 4.28. The molecular weight excluding hydrogens is 231 g/mol. The number of halogens is 1.